The molecule has 1 aliphatic carbocycles. The first-order valence-corrected chi connectivity index (χ1v) is 8.50. The second kappa shape index (κ2) is 7.32. The Labute approximate surface area is 146 Å². The number of hydrogen-bond donors (Lipinski definition) is 1. The summed E-state index contributed by atoms with van der Waals surface area (Å²) < 4.78 is 7.08. The van der Waals surface area contributed by atoms with Crippen LogP contribution in [0.1, 0.15) is 41.9 Å². The largest absolute Gasteiger partial charge is 0.379 e. The molecule has 0 bridgehead atoms. The first kappa shape index (κ1) is 16.9. The molecule has 6 nitrogen and oxygen atoms in total. The molecular weight excluding hydrogens is 328 g/mol. The number of carbonyl (C=O) groups is 1. The van der Waals surface area contributed by atoms with E-state index < -0.39 is 0 Å². The zero-order valence-electron chi connectivity index (χ0n) is 13.8. The highest BCUT2D eigenvalue weighted by molar-refractivity contribution is 6.32. The van der Waals surface area contributed by atoms with E-state index in [1.807, 2.05) is 25.1 Å². The van der Waals surface area contributed by atoms with Crippen LogP contribution in [0.2, 0.25) is 5.02 Å². The third-order valence-corrected chi connectivity index (χ3v) is 4.83. The molecule has 2 aromatic rings. The summed E-state index contributed by atoms with van der Waals surface area (Å²) in [6.45, 7) is 1.81. The Morgan fingerprint density at radius 2 is 2.08 bits per heavy atom. The summed E-state index contributed by atoms with van der Waals surface area (Å²) in [5.74, 6) is -0.222. The summed E-state index contributed by atoms with van der Waals surface area (Å²) in [7, 11) is 1.69. The van der Waals surface area contributed by atoms with Crippen LogP contribution in [0.5, 0.6) is 0 Å². The minimum Gasteiger partial charge on any atom is -0.379 e. The predicted octanol–water partition coefficient (Wildman–Crippen LogP) is 2.92. The third kappa shape index (κ3) is 3.30. The van der Waals surface area contributed by atoms with Gasteiger partial charge in [-0.1, -0.05) is 41.8 Å². The molecule has 1 aromatic heterocycles. The molecule has 2 atom stereocenters. The molecule has 1 amide bonds. The van der Waals surface area contributed by atoms with Crippen molar-refractivity contribution in [3.8, 4) is 5.69 Å². The molecule has 1 aliphatic rings. The summed E-state index contributed by atoms with van der Waals surface area (Å²) in [4.78, 5) is 12.6. The quantitative estimate of drug-likeness (QED) is 0.922. The van der Waals surface area contributed by atoms with E-state index in [1.54, 1.807) is 17.9 Å². The zero-order chi connectivity index (χ0) is 17.1. The fourth-order valence-electron chi connectivity index (χ4n) is 3.17. The minimum atomic E-state index is -0.222. The van der Waals surface area contributed by atoms with Gasteiger partial charge in [0.05, 0.1) is 28.5 Å². The summed E-state index contributed by atoms with van der Waals surface area (Å²) >= 11 is 6.21. The van der Waals surface area contributed by atoms with Gasteiger partial charge in [0.25, 0.3) is 5.91 Å². The van der Waals surface area contributed by atoms with Gasteiger partial charge in [-0.15, -0.1) is 5.10 Å². The van der Waals surface area contributed by atoms with Gasteiger partial charge in [0.1, 0.15) is 0 Å². The van der Waals surface area contributed by atoms with Gasteiger partial charge >= 0.3 is 0 Å². The van der Waals surface area contributed by atoms with Crippen LogP contribution in [0, 0.1) is 6.92 Å². The minimum absolute atomic E-state index is 0.0149. The molecular formula is C17H21ClN4O2. The highest BCUT2D eigenvalue weighted by Gasteiger charge is 2.28. The van der Waals surface area contributed by atoms with Crippen molar-refractivity contribution in [2.75, 3.05) is 7.11 Å². The molecule has 1 N–H and O–H groups in total. The second-order valence-corrected chi connectivity index (χ2v) is 6.43. The average Bonchev–Trinajstić information content (AvgIpc) is 2.97. The first-order valence-electron chi connectivity index (χ1n) is 8.12. The third-order valence-electron chi connectivity index (χ3n) is 4.51. The van der Waals surface area contributed by atoms with Crippen LogP contribution in [0.4, 0.5) is 0 Å². The number of nitrogens with zero attached hydrogens (tertiary/aromatic N) is 3. The molecule has 3 rings (SSSR count). The number of carbonyl (C=O) groups excluding carboxylic acids is 1. The Morgan fingerprint density at radius 3 is 2.83 bits per heavy atom. The summed E-state index contributed by atoms with van der Waals surface area (Å²) in [5.41, 5.74) is 1.68. The van der Waals surface area contributed by atoms with Crippen LogP contribution < -0.4 is 5.32 Å². The molecule has 24 heavy (non-hydrogen) atoms. The maximum absolute atomic E-state index is 12.6. The number of ether oxygens (including phenoxy) is 1. The van der Waals surface area contributed by atoms with Gasteiger partial charge in [-0.25, -0.2) is 4.68 Å². The lowest BCUT2D eigenvalue weighted by Gasteiger charge is -2.30. The van der Waals surface area contributed by atoms with E-state index in [0.29, 0.717) is 22.1 Å². The van der Waals surface area contributed by atoms with Crippen molar-refractivity contribution >= 4 is 17.5 Å². The van der Waals surface area contributed by atoms with Crippen molar-refractivity contribution in [2.45, 2.75) is 44.8 Å². The molecule has 128 valence electrons. The number of rotatable bonds is 4. The lowest BCUT2D eigenvalue weighted by molar-refractivity contribution is 0.0391. The summed E-state index contributed by atoms with van der Waals surface area (Å²) in [6.07, 6.45) is 4.17. The van der Waals surface area contributed by atoms with E-state index in [2.05, 4.69) is 15.6 Å². The Hall–Kier alpha value is -1.92. The fraction of sp³-hybridized carbons (Fsp3) is 0.471. The highest BCUT2D eigenvalue weighted by atomic mass is 35.5. The number of methoxy groups -OCH3 is 1. The lowest BCUT2D eigenvalue weighted by atomic mass is 9.92. The predicted molar refractivity (Wildman–Crippen MR) is 91.6 cm³/mol. The van der Waals surface area contributed by atoms with E-state index in [1.165, 1.54) is 0 Å². The SMILES string of the molecule is CO[C@@H]1CCCC[C@H]1NC(=O)c1nnn(-c2ccccc2Cl)c1C. The van der Waals surface area contributed by atoms with Crippen LogP contribution in [-0.4, -0.2) is 40.2 Å². The monoisotopic (exact) mass is 348 g/mol. The summed E-state index contributed by atoms with van der Waals surface area (Å²) in [5, 5.41) is 11.7. The van der Waals surface area contributed by atoms with Crippen molar-refractivity contribution in [3.63, 3.8) is 0 Å². The van der Waals surface area contributed by atoms with Crippen molar-refractivity contribution in [1.82, 2.24) is 20.3 Å². The Balaban J connectivity index is 1.80. The van der Waals surface area contributed by atoms with Gasteiger partial charge in [0.15, 0.2) is 5.69 Å². The maximum Gasteiger partial charge on any atom is 0.274 e. The number of amides is 1. The molecule has 7 heteroatoms. The molecule has 0 aliphatic heterocycles. The zero-order valence-corrected chi connectivity index (χ0v) is 14.6. The number of hydrogen-bond acceptors (Lipinski definition) is 4. The van der Waals surface area contributed by atoms with Crippen molar-refractivity contribution in [2.24, 2.45) is 0 Å². The Morgan fingerprint density at radius 1 is 1.33 bits per heavy atom. The van der Waals surface area contributed by atoms with E-state index >= 15 is 0 Å². The van der Waals surface area contributed by atoms with Crippen molar-refractivity contribution in [1.29, 1.82) is 0 Å². The molecule has 0 spiro atoms. The molecule has 1 heterocycles. The number of para-hydroxylation sites is 1. The normalized spacial score (nSPS) is 20.8. The van der Waals surface area contributed by atoms with E-state index in [9.17, 15) is 4.79 Å². The van der Waals surface area contributed by atoms with Gasteiger partial charge in [-0.2, -0.15) is 0 Å². The van der Waals surface area contributed by atoms with Crippen molar-refractivity contribution < 1.29 is 9.53 Å². The van der Waals surface area contributed by atoms with Crippen LogP contribution in [0.15, 0.2) is 24.3 Å². The maximum atomic E-state index is 12.6. The Bertz CT molecular complexity index is 731. The topological polar surface area (TPSA) is 69.0 Å². The Kier molecular flexibility index (Phi) is 5.16. The van der Waals surface area contributed by atoms with Gasteiger partial charge < -0.3 is 10.1 Å². The van der Waals surface area contributed by atoms with E-state index in [0.717, 1.165) is 25.7 Å². The smallest absolute Gasteiger partial charge is 0.274 e. The molecule has 1 saturated carbocycles. The molecule has 0 unspecified atom stereocenters. The van der Waals surface area contributed by atoms with Gasteiger partial charge in [0.2, 0.25) is 0 Å². The van der Waals surface area contributed by atoms with Crippen LogP contribution in [0.25, 0.3) is 5.69 Å². The number of benzene rings is 1. The highest BCUT2D eigenvalue weighted by Crippen LogP contribution is 2.23. The molecule has 1 aromatic carbocycles. The fourth-order valence-corrected chi connectivity index (χ4v) is 3.39. The van der Waals surface area contributed by atoms with E-state index in [4.69, 9.17) is 16.3 Å². The standard InChI is InChI=1S/C17H21ClN4O2/c1-11-16(17(23)19-13-8-4-6-10-15(13)24-2)20-21-22(11)14-9-5-3-7-12(14)18/h3,5,7,9,13,15H,4,6,8,10H2,1-2H3,(H,19,23)/t13-,15-/m1/s1. The summed E-state index contributed by atoms with van der Waals surface area (Å²) in [6, 6.07) is 7.35. The first-order chi connectivity index (χ1) is 11.6. The number of nitrogens with one attached hydrogen (secondary N) is 1. The average molecular weight is 349 g/mol. The van der Waals surface area contributed by atoms with Crippen LogP contribution in [0.3, 0.4) is 0 Å². The van der Waals surface area contributed by atoms with Gasteiger partial charge in [0, 0.05) is 7.11 Å². The van der Waals surface area contributed by atoms with Gasteiger partial charge in [-0.05, 0) is 31.9 Å². The van der Waals surface area contributed by atoms with Crippen molar-refractivity contribution in [3.05, 3.63) is 40.7 Å². The second-order valence-electron chi connectivity index (χ2n) is 6.03. The van der Waals surface area contributed by atoms with Crippen LogP contribution >= 0.6 is 11.6 Å². The van der Waals surface area contributed by atoms with Crippen LogP contribution in [-0.2, 0) is 4.74 Å². The molecule has 0 radical (unpaired) electrons. The van der Waals surface area contributed by atoms with E-state index in [-0.39, 0.29) is 18.1 Å². The van der Waals surface area contributed by atoms with Gasteiger partial charge in [-0.3, -0.25) is 4.79 Å². The molecule has 0 saturated heterocycles. The number of aromatic nitrogens is 3. The number of halogens is 1. The lowest BCUT2D eigenvalue weighted by Crippen LogP contribution is -2.46. The molecule has 1 fully saturated rings.